The van der Waals surface area contributed by atoms with Crippen molar-refractivity contribution in [3.63, 3.8) is 0 Å². The van der Waals surface area contributed by atoms with E-state index < -0.39 is 21.4 Å². The minimum Gasteiger partial charge on any atom is -0.360 e. The summed E-state index contributed by atoms with van der Waals surface area (Å²) >= 11 is 0. The van der Waals surface area contributed by atoms with E-state index in [9.17, 15) is 18.5 Å². The van der Waals surface area contributed by atoms with Gasteiger partial charge in [-0.25, -0.2) is 14.4 Å². The van der Waals surface area contributed by atoms with E-state index >= 15 is 0 Å². The van der Waals surface area contributed by atoms with Crippen molar-refractivity contribution < 1.29 is 22.0 Å². The van der Waals surface area contributed by atoms with Crippen LogP contribution in [0.3, 0.4) is 0 Å². The predicted octanol–water partition coefficient (Wildman–Crippen LogP) is -2.08. The Hall–Kier alpha value is -1.62. The summed E-state index contributed by atoms with van der Waals surface area (Å²) in [6.45, 7) is 0. The summed E-state index contributed by atoms with van der Waals surface area (Å²) in [5.74, 6) is -0.824. The Morgan fingerprint density at radius 2 is 2.25 bits per heavy atom. The smallest absolute Gasteiger partial charge is 0.360 e. The fourth-order valence-corrected chi connectivity index (χ4v) is 0.866. The first kappa shape index (κ1) is 8.48. The molecule has 11 heteroatoms. The van der Waals surface area contributed by atoms with Gasteiger partial charge in [-0.1, -0.05) is 4.28 Å². The molecule has 0 saturated carbocycles. The van der Waals surface area contributed by atoms with Crippen LogP contribution < -0.4 is 5.73 Å². The van der Waals surface area contributed by atoms with Gasteiger partial charge < -0.3 is 5.73 Å². The quantitative estimate of drug-likeness (QED) is 0.374. The van der Waals surface area contributed by atoms with E-state index in [1.165, 1.54) is 0 Å². The van der Waals surface area contributed by atoms with Gasteiger partial charge >= 0.3 is 16.4 Å². The minimum absolute atomic E-state index is 0.334. The number of nitrogens with zero attached hydrogens (tertiary/aromatic N) is 3. The van der Waals surface area contributed by atoms with E-state index in [2.05, 4.69) is 13.7 Å². The number of hydrogen-bond acceptors (Lipinski definition) is 8. The van der Waals surface area contributed by atoms with E-state index in [4.69, 9.17) is 5.73 Å². The molecule has 1 aliphatic heterocycles. The standard InChI is InChI=1S/CH2N4O6S/c2-1-3-10-12(8,9)11-4(1)5(6)7/h(H2,2,3). The molecule has 0 atom stereocenters. The van der Waals surface area contributed by atoms with E-state index in [0.717, 1.165) is 0 Å². The highest BCUT2D eigenvalue weighted by Crippen LogP contribution is 2.07. The second-order valence-electron chi connectivity index (χ2n) is 1.52. The largest absolute Gasteiger partial charge is 0.496 e. The Morgan fingerprint density at radius 3 is 2.67 bits per heavy atom. The summed E-state index contributed by atoms with van der Waals surface area (Å²) < 4.78 is 28.0. The third kappa shape index (κ3) is 1.51. The average Bonchev–Trinajstić information content (AvgIpc) is 1.94. The molecular formula is CH2N4O6S. The molecule has 0 spiro atoms. The monoisotopic (exact) mass is 198 g/mol. The molecule has 0 amide bonds. The van der Waals surface area contributed by atoms with Crippen LogP contribution in [0.15, 0.2) is 5.16 Å². The van der Waals surface area contributed by atoms with Crippen LogP contribution in [0, 0.1) is 10.1 Å². The Morgan fingerprint density at radius 1 is 1.67 bits per heavy atom. The molecule has 12 heavy (non-hydrogen) atoms. The number of hydroxylamine groups is 1. The third-order valence-corrected chi connectivity index (χ3v) is 1.31. The molecule has 0 saturated heterocycles. The summed E-state index contributed by atoms with van der Waals surface area (Å²) in [5.41, 5.74) is 4.82. The molecule has 2 N–H and O–H groups in total. The van der Waals surface area contributed by atoms with Gasteiger partial charge in [0, 0.05) is 0 Å². The zero-order chi connectivity index (χ0) is 9.35. The van der Waals surface area contributed by atoms with Crippen molar-refractivity contribution >= 4 is 16.4 Å². The van der Waals surface area contributed by atoms with E-state index in [1.54, 1.807) is 0 Å². The van der Waals surface area contributed by atoms with Crippen molar-refractivity contribution in [2.45, 2.75) is 0 Å². The van der Waals surface area contributed by atoms with Crippen LogP contribution >= 0.6 is 0 Å². The highest BCUT2D eigenvalue weighted by molar-refractivity contribution is 7.81. The average molecular weight is 198 g/mol. The van der Waals surface area contributed by atoms with E-state index in [1.807, 2.05) is 0 Å². The molecule has 0 fully saturated rings. The SMILES string of the molecule is NC1=NOS(=O)(=O)ON1[N+](=O)[O-]. The molecule has 0 aliphatic carbocycles. The fourth-order valence-electron chi connectivity index (χ4n) is 0.368. The van der Waals surface area contributed by atoms with Gasteiger partial charge in [0.25, 0.3) is 0 Å². The lowest BCUT2D eigenvalue weighted by atomic mass is 11.1. The number of hydrazine groups is 1. The number of guanidine groups is 1. The fraction of sp³-hybridized carbons (Fsp3) is 0. The summed E-state index contributed by atoms with van der Waals surface area (Å²) in [6, 6.07) is 0. The maximum Gasteiger partial charge on any atom is 0.496 e. The van der Waals surface area contributed by atoms with Gasteiger partial charge in [0.05, 0.1) is 0 Å². The molecule has 1 heterocycles. The maximum absolute atomic E-state index is 10.4. The summed E-state index contributed by atoms with van der Waals surface area (Å²) in [5, 5.41) is 11.1. The van der Waals surface area contributed by atoms with Crippen molar-refractivity contribution in [3.8, 4) is 0 Å². The summed E-state index contributed by atoms with van der Waals surface area (Å²) in [7, 11) is -4.49. The first-order valence-electron chi connectivity index (χ1n) is 2.33. The molecule has 0 unspecified atom stereocenters. The molecule has 1 rings (SSSR count). The second-order valence-corrected chi connectivity index (χ2v) is 2.63. The topological polar surface area (TPSA) is 137 Å². The zero-order valence-corrected chi connectivity index (χ0v) is 6.09. The van der Waals surface area contributed by atoms with Crippen LogP contribution in [0.2, 0.25) is 0 Å². The lowest BCUT2D eigenvalue weighted by molar-refractivity contribution is -0.691. The number of oxime groups is 1. The Labute approximate surface area is 65.5 Å². The number of rotatable bonds is 1. The maximum atomic E-state index is 10.4. The van der Waals surface area contributed by atoms with E-state index in [-0.39, 0.29) is 5.17 Å². The van der Waals surface area contributed by atoms with Gasteiger partial charge in [-0.3, -0.25) is 0 Å². The van der Waals surface area contributed by atoms with Gasteiger partial charge in [0.15, 0.2) is 5.03 Å². The third-order valence-electron chi connectivity index (χ3n) is 0.728. The lowest BCUT2D eigenvalue weighted by Gasteiger charge is -2.12. The number of nitrogens with two attached hydrogens (primary N) is 1. The second kappa shape index (κ2) is 2.46. The lowest BCUT2D eigenvalue weighted by Crippen LogP contribution is -2.45. The van der Waals surface area contributed by atoms with Crippen molar-refractivity contribution in [1.29, 1.82) is 0 Å². The molecule has 0 aromatic heterocycles. The van der Waals surface area contributed by atoms with Gasteiger partial charge in [-0.05, 0) is 5.16 Å². The highest BCUT2D eigenvalue weighted by atomic mass is 32.3. The highest BCUT2D eigenvalue weighted by Gasteiger charge is 2.35. The zero-order valence-electron chi connectivity index (χ0n) is 5.28. The molecular weight excluding hydrogens is 196 g/mol. The summed E-state index contributed by atoms with van der Waals surface area (Å²) in [4.78, 5) is 9.98. The molecule has 0 aromatic carbocycles. The van der Waals surface area contributed by atoms with Crippen LogP contribution in [-0.2, 0) is 19.0 Å². The van der Waals surface area contributed by atoms with Crippen LogP contribution in [0.4, 0.5) is 0 Å². The normalized spacial score (nSPS) is 21.0. The number of hydrogen-bond donors (Lipinski definition) is 1. The number of nitro groups is 1. The predicted molar refractivity (Wildman–Crippen MR) is 31.5 cm³/mol. The van der Waals surface area contributed by atoms with Crippen LogP contribution in [0.1, 0.15) is 0 Å². The minimum atomic E-state index is -4.49. The van der Waals surface area contributed by atoms with Crippen LogP contribution in [0.5, 0.6) is 0 Å². The molecule has 10 nitrogen and oxygen atoms in total. The van der Waals surface area contributed by atoms with Crippen LogP contribution in [-0.4, -0.2) is 24.6 Å². The van der Waals surface area contributed by atoms with Crippen molar-refractivity contribution in [2.24, 2.45) is 10.9 Å². The van der Waals surface area contributed by atoms with Crippen LogP contribution in [0.25, 0.3) is 0 Å². The van der Waals surface area contributed by atoms with Gasteiger partial charge in [0.1, 0.15) is 5.17 Å². The Kier molecular flexibility index (Phi) is 1.73. The molecule has 68 valence electrons. The van der Waals surface area contributed by atoms with Crippen molar-refractivity contribution in [2.75, 3.05) is 0 Å². The van der Waals surface area contributed by atoms with Crippen molar-refractivity contribution in [3.05, 3.63) is 10.1 Å². The van der Waals surface area contributed by atoms with Crippen molar-refractivity contribution in [1.82, 2.24) is 5.17 Å². The molecule has 0 radical (unpaired) electrons. The van der Waals surface area contributed by atoms with Gasteiger partial charge in [-0.2, -0.15) is 8.42 Å². The molecule has 0 bridgehead atoms. The summed E-state index contributed by atoms with van der Waals surface area (Å²) in [6.07, 6.45) is 0. The Balaban J connectivity index is 2.98. The molecule has 1 aliphatic rings. The first-order chi connectivity index (χ1) is 5.42. The molecule has 0 aromatic rings. The van der Waals surface area contributed by atoms with Gasteiger partial charge in [0.2, 0.25) is 0 Å². The Bertz CT molecular complexity index is 329. The van der Waals surface area contributed by atoms with Gasteiger partial charge in [-0.15, -0.1) is 0 Å². The van der Waals surface area contributed by atoms with E-state index in [0.29, 0.717) is 0 Å². The first-order valence-corrected chi connectivity index (χ1v) is 3.67.